The monoisotopic (exact) mass is 908 g/mol. The zero-order valence-electron chi connectivity index (χ0n) is 37.0. The molecule has 0 saturated heterocycles. The lowest BCUT2D eigenvalue weighted by Crippen LogP contribution is -2.29. The first-order valence-corrected chi connectivity index (χ1v) is 20.1. The van der Waals surface area contributed by atoms with Crippen molar-refractivity contribution in [2.75, 3.05) is 46.8 Å². The van der Waals surface area contributed by atoms with Crippen molar-refractivity contribution in [3.63, 3.8) is 0 Å². The van der Waals surface area contributed by atoms with Gasteiger partial charge < -0.3 is 69.4 Å². The molecule has 346 valence electrons. The van der Waals surface area contributed by atoms with E-state index in [1.807, 2.05) is 0 Å². The predicted molar refractivity (Wildman–Crippen MR) is 237 cm³/mol. The van der Waals surface area contributed by atoms with Crippen molar-refractivity contribution >= 4 is 76.0 Å². The number of nitrogens with zero attached hydrogens (tertiary/aromatic N) is 9. The summed E-state index contributed by atoms with van der Waals surface area (Å²) in [5, 5.41) is 18.7. The molecule has 6 aromatic heterocycles. The van der Waals surface area contributed by atoms with E-state index in [9.17, 15) is 38.4 Å². The summed E-state index contributed by atoms with van der Waals surface area (Å²) in [7, 11) is 11.0. The summed E-state index contributed by atoms with van der Waals surface area (Å²) in [4.78, 5) is 114. The Morgan fingerprint density at radius 3 is 1.41 bits per heavy atom. The Kier molecular flexibility index (Phi) is 14.3. The molecule has 0 spiro atoms. The highest BCUT2D eigenvalue weighted by molar-refractivity contribution is 6.05. The quantitative estimate of drug-likeness (QED) is 0.0475. The number of methoxy groups -OCH3 is 1. The summed E-state index contributed by atoms with van der Waals surface area (Å²) in [6.45, 7) is 0.135. The average molecular weight is 909 g/mol. The van der Waals surface area contributed by atoms with Crippen molar-refractivity contribution in [2.24, 2.45) is 42.3 Å². The number of hydrogen-bond acceptors (Lipinski definition) is 12. The molecular weight excluding hydrogens is 861 g/mol. The number of hydrogen-bond donors (Lipinski definition) is 7. The summed E-state index contributed by atoms with van der Waals surface area (Å²) < 4.78 is 13.7. The van der Waals surface area contributed by atoms with Crippen LogP contribution in [0.15, 0.2) is 61.6 Å². The minimum absolute atomic E-state index is 0.0111. The van der Waals surface area contributed by atoms with Gasteiger partial charge in [-0.1, -0.05) is 0 Å². The minimum Gasteiger partial charge on any atom is -0.464 e. The van der Waals surface area contributed by atoms with Crippen LogP contribution < -0.4 is 37.2 Å². The van der Waals surface area contributed by atoms with E-state index in [0.717, 1.165) is 0 Å². The lowest BCUT2D eigenvalue weighted by atomic mass is 10.3. The number of anilines is 5. The van der Waals surface area contributed by atoms with Gasteiger partial charge in [0, 0.05) is 112 Å². The van der Waals surface area contributed by atoms with Crippen LogP contribution in [0, 0.1) is 0 Å². The maximum Gasteiger partial charge on any atom is 0.354 e. The molecular formula is C41H48N16O9. The zero-order valence-corrected chi connectivity index (χ0v) is 37.0. The minimum atomic E-state index is -0.613. The molecule has 66 heavy (non-hydrogen) atoms. The molecule has 0 aliphatic rings. The smallest absolute Gasteiger partial charge is 0.354 e. The number of esters is 1. The molecule has 0 aliphatic heterocycles. The number of ether oxygens (including phenoxy) is 1. The molecule has 25 heteroatoms. The van der Waals surface area contributed by atoms with E-state index in [1.54, 1.807) is 65.4 Å². The fourth-order valence-electron chi connectivity index (χ4n) is 6.61. The van der Waals surface area contributed by atoms with E-state index < -0.39 is 47.3 Å². The van der Waals surface area contributed by atoms with Gasteiger partial charge in [0.1, 0.15) is 17.1 Å². The van der Waals surface area contributed by atoms with Crippen LogP contribution in [-0.4, -0.2) is 110 Å². The molecule has 0 saturated carbocycles. The maximum atomic E-state index is 13.2. The first kappa shape index (κ1) is 46.7. The van der Waals surface area contributed by atoms with Crippen LogP contribution in [0.3, 0.4) is 0 Å². The largest absolute Gasteiger partial charge is 0.464 e. The van der Waals surface area contributed by atoms with Crippen LogP contribution >= 0.6 is 0 Å². The number of aromatic nitrogens is 9. The van der Waals surface area contributed by atoms with Gasteiger partial charge in [-0.3, -0.25) is 33.6 Å². The Morgan fingerprint density at radius 2 is 0.939 bits per heavy atom. The van der Waals surface area contributed by atoms with Gasteiger partial charge in [0.25, 0.3) is 29.5 Å². The van der Waals surface area contributed by atoms with Gasteiger partial charge in [0.2, 0.25) is 23.5 Å². The van der Waals surface area contributed by atoms with Gasteiger partial charge in [-0.05, 0) is 24.6 Å². The van der Waals surface area contributed by atoms with E-state index in [1.165, 1.54) is 72.9 Å². The predicted octanol–water partition coefficient (Wildman–Crippen LogP) is 1.35. The molecule has 0 atom stereocenters. The van der Waals surface area contributed by atoms with E-state index >= 15 is 0 Å². The van der Waals surface area contributed by atoms with E-state index in [0.29, 0.717) is 17.1 Å². The van der Waals surface area contributed by atoms with Crippen LogP contribution in [0.4, 0.5) is 28.7 Å². The molecule has 25 nitrogen and oxygen atoms in total. The molecule has 6 heterocycles. The van der Waals surface area contributed by atoms with Gasteiger partial charge >= 0.3 is 5.97 Å². The highest BCUT2D eigenvalue weighted by Crippen LogP contribution is 2.18. The molecule has 0 fully saturated rings. The van der Waals surface area contributed by atoms with Gasteiger partial charge in [-0.2, -0.15) is 0 Å². The Balaban J connectivity index is 0.906. The van der Waals surface area contributed by atoms with Gasteiger partial charge in [-0.25, -0.2) is 19.7 Å². The second-order valence-electron chi connectivity index (χ2n) is 15.0. The molecule has 0 radical (unpaired) electrons. The fraction of sp³-hybridized carbons (Fsp3) is 0.293. The summed E-state index contributed by atoms with van der Waals surface area (Å²) in [6, 6.07) is 4.43. The lowest BCUT2D eigenvalue weighted by Gasteiger charge is -2.06. The first-order valence-electron chi connectivity index (χ1n) is 20.1. The van der Waals surface area contributed by atoms with Crippen molar-refractivity contribution in [3.05, 3.63) is 96.1 Å². The molecule has 6 aromatic rings. The zero-order chi connectivity index (χ0) is 47.8. The van der Waals surface area contributed by atoms with Gasteiger partial charge in [0.05, 0.1) is 24.2 Å². The second-order valence-corrected chi connectivity index (χ2v) is 15.0. The molecule has 7 N–H and O–H groups in total. The molecule has 0 unspecified atom stereocenters. The van der Waals surface area contributed by atoms with Crippen LogP contribution in [0.1, 0.15) is 82.6 Å². The normalized spacial score (nSPS) is 10.8. The highest BCUT2D eigenvalue weighted by Gasteiger charge is 2.21. The lowest BCUT2D eigenvalue weighted by molar-refractivity contribution is -0.117. The third kappa shape index (κ3) is 11.2. The van der Waals surface area contributed by atoms with Crippen molar-refractivity contribution in [2.45, 2.75) is 19.3 Å². The number of nitrogens with one attached hydrogen (secondary N) is 7. The van der Waals surface area contributed by atoms with Crippen molar-refractivity contribution < 1.29 is 43.1 Å². The van der Waals surface area contributed by atoms with E-state index in [4.69, 9.17) is 4.74 Å². The maximum absolute atomic E-state index is 13.2. The van der Waals surface area contributed by atoms with Crippen LogP contribution in [-0.2, 0) is 56.6 Å². The fourth-order valence-corrected chi connectivity index (χ4v) is 6.61. The summed E-state index contributed by atoms with van der Waals surface area (Å²) in [5.41, 5.74) is 1.77. The van der Waals surface area contributed by atoms with Crippen LogP contribution in [0.5, 0.6) is 0 Å². The van der Waals surface area contributed by atoms with Crippen molar-refractivity contribution in [1.29, 1.82) is 0 Å². The Morgan fingerprint density at radius 1 is 0.500 bits per heavy atom. The highest BCUT2D eigenvalue weighted by atomic mass is 16.5. The molecule has 6 rings (SSSR count). The second kappa shape index (κ2) is 20.2. The number of rotatable bonds is 18. The van der Waals surface area contributed by atoms with E-state index in [2.05, 4.69) is 52.2 Å². The van der Waals surface area contributed by atoms with Gasteiger partial charge in [-0.15, -0.1) is 0 Å². The topological polar surface area (TPSA) is 298 Å². The molecule has 7 amide bonds. The number of aryl methyl sites for hydroxylation is 6. The molecule has 0 aliphatic carbocycles. The van der Waals surface area contributed by atoms with Crippen LogP contribution in [0.25, 0.3) is 0 Å². The number of carbonyl (C=O) groups excluding carboxylic acids is 8. The number of carbonyl (C=O) groups is 8. The first-order chi connectivity index (χ1) is 31.4. The van der Waals surface area contributed by atoms with Crippen molar-refractivity contribution in [1.82, 2.24) is 53.0 Å². The number of imidazole rings is 3. The molecule has 0 aromatic carbocycles. The van der Waals surface area contributed by atoms with Crippen molar-refractivity contribution in [3.8, 4) is 0 Å². The molecule has 0 bridgehead atoms. The SMILES string of the molecule is COC(=O)c1cc(NC(=O)c2nc(NC(=O)CCCNC(=O)c3cc(NC(=O)c4nc(NC(=O)CCNC(=O)c5cc(NC(=O)c6nccn6C)cn5C)cn4C)cn3C)cn2C)cn1C. The van der Waals surface area contributed by atoms with E-state index in [-0.39, 0.29) is 78.5 Å². The standard InChI is InChI=1S/C41H48N16O9/c1-52-14-13-42-33(52)38(62)45-23-15-27(54(3)18-23)37(61)44-12-10-32(59)49-30-22-57(6)34(51-30)39(63)46-24-16-26(53(2)19-24)36(60)43-11-8-9-31(58)48-29-21-56(5)35(50-29)40(64)47-25-17-28(41(65)66-7)55(4)20-25/h13-22H,8-12H2,1-7H3,(H,43,60)(H,44,61)(H,45,62)(H,46,63)(H,47,64)(H,48,58)(H,49,59). The Hall–Kier alpha value is -8.77. The third-order valence-corrected chi connectivity index (χ3v) is 9.87. The summed E-state index contributed by atoms with van der Waals surface area (Å²) >= 11 is 0. The Labute approximate surface area is 375 Å². The van der Waals surface area contributed by atoms with Crippen LogP contribution in [0.2, 0.25) is 0 Å². The third-order valence-electron chi connectivity index (χ3n) is 9.87. The number of amides is 7. The summed E-state index contributed by atoms with van der Waals surface area (Å²) in [6.07, 6.45) is 10.9. The average Bonchev–Trinajstić information content (AvgIpc) is 4.13. The summed E-state index contributed by atoms with van der Waals surface area (Å²) in [5.74, 6) is -3.53. The van der Waals surface area contributed by atoms with Gasteiger partial charge in [0.15, 0.2) is 17.5 Å². The Bertz CT molecular complexity index is 2850.